The molecule has 8 heteroatoms. The number of benzene rings is 2. The van der Waals surface area contributed by atoms with Gasteiger partial charge < -0.3 is 14.2 Å². The van der Waals surface area contributed by atoms with Gasteiger partial charge in [-0.15, -0.1) is 0 Å². The second kappa shape index (κ2) is 8.22. The van der Waals surface area contributed by atoms with E-state index in [1.54, 1.807) is 31.4 Å². The lowest BCUT2D eigenvalue weighted by molar-refractivity contribution is 0.0450. The third-order valence-corrected chi connectivity index (χ3v) is 4.67. The van der Waals surface area contributed by atoms with Crippen molar-refractivity contribution < 1.29 is 27.4 Å². The summed E-state index contributed by atoms with van der Waals surface area (Å²) in [7, 11) is -1.88. The number of hydrogen-bond acceptors (Lipinski definition) is 6. The Labute approximate surface area is 151 Å². The molecule has 2 aromatic rings. The minimum atomic E-state index is -3.44. The van der Waals surface area contributed by atoms with Gasteiger partial charge in [-0.25, -0.2) is 13.2 Å². The van der Waals surface area contributed by atoms with Gasteiger partial charge in [0.15, 0.2) is 9.84 Å². The highest BCUT2D eigenvalue weighted by atomic mass is 35.5. The zero-order valence-corrected chi connectivity index (χ0v) is 15.3. The lowest BCUT2D eigenvalue weighted by Crippen LogP contribution is -2.13. The van der Waals surface area contributed by atoms with Crippen molar-refractivity contribution in [2.45, 2.75) is 4.90 Å². The van der Waals surface area contributed by atoms with Crippen molar-refractivity contribution in [1.82, 2.24) is 0 Å². The fourth-order valence-electron chi connectivity index (χ4n) is 1.94. The van der Waals surface area contributed by atoms with Crippen LogP contribution in [0.1, 0.15) is 10.4 Å². The second-order valence-corrected chi connectivity index (χ2v) is 7.50. The monoisotopic (exact) mass is 384 g/mol. The van der Waals surface area contributed by atoms with Crippen LogP contribution in [0.15, 0.2) is 47.4 Å². The molecule has 0 fully saturated rings. The summed E-state index contributed by atoms with van der Waals surface area (Å²) in [5.41, 5.74) is -0.00552. The van der Waals surface area contributed by atoms with E-state index in [0.29, 0.717) is 11.5 Å². The van der Waals surface area contributed by atoms with Gasteiger partial charge in [0.1, 0.15) is 24.7 Å². The quantitative estimate of drug-likeness (QED) is 0.539. The first-order valence-corrected chi connectivity index (χ1v) is 9.52. The summed E-state index contributed by atoms with van der Waals surface area (Å²) < 4.78 is 38.7. The highest BCUT2D eigenvalue weighted by Crippen LogP contribution is 2.21. The summed E-state index contributed by atoms with van der Waals surface area (Å²) in [6, 6.07) is 10.8. The molecule has 0 aliphatic heterocycles. The molecule has 0 heterocycles. The van der Waals surface area contributed by atoms with Crippen molar-refractivity contribution in [2.24, 2.45) is 0 Å². The van der Waals surface area contributed by atoms with Crippen LogP contribution in [-0.2, 0) is 14.6 Å². The van der Waals surface area contributed by atoms with E-state index in [1.807, 2.05) is 0 Å². The average molecular weight is 385 g/mol. The molecule has 0 unspecified atom stereocenters. The van der Waals surface area contributed by atoms with Crippen LogP contribution in [0.2, 0.25) is 5.02 Å². The average Bonchev–Trinajstić information content (AvgIpc) is 2.58. The molecule has 0 bridgehead atoms. The van der Waals surface area contributed by atoms with Gasteiger partial charge in [-0.3, -0.25) is 0 Å². The lowest BCUT2D eigenvalue weighted by Gasteiger charge is -2.09. The fourth-order valence-corrected chi connectivity index (χ4v) is 2.78. The number of carbonyl (C=O) groups excluding carboxylic acids is 1. The predicted octanol–water partition coefficient (Wildman–Crippen LogP) is 2.99. The van der Waals surface area contributed by atoms with Crippen LogP contribution in [0.3, 0.4) is 0 Å². The number of halogens is 1. The summed E-state index contributed by atoms with van der Waals surface area (Å²) in [4.78, 5) is 12.1. The topological polar surface area (TPSA) is 78.9 Å². The van der Waals surface area contributed by atoms with E-state index in [-0.39, 0.29) is 28.7 Å². The van der Waals surface area contributed by atoms with Gasteiger partial charge in [0.25, 0.3) is 0 Å². The number of sulfone groups is 1. The smallest absolute Gasteiger partial charge is 0.339 e. The first-order valence-electron chi connectivity index (χ1n) is 7.25. The molecule has 0 saturated heterocycles. The molecule has 0 spiro atoms. The molecule has 2 rings (SSSR count). The molecule has 25 heavy (non-hydrogen) atoms. The van der Waals surface area contributed by atoms with Crippen molar-refractivity contribution in [3.8, 4) is 11.5 Å². The number of ether oxygens (including phenoxy) is 3. The van der Waals surface area contributed by atoms with E-state index < -0.39 is 15.8 Å². The highest BCUT2D eigenvalue weighted by Gasteiger charge is 2.16. The third kappa shape index (κ3) is 5.37. The van der Waals surface area contributed by atoms with Crippen molar-refractivity contribution >= 4 is 27.4 Å². The van der Waals surface area contributed by atoms with Gasteiger partial charge in [-0.1, -0.05) is 11.6 Å². The zero-order valence-electron chi connectivity index (χ0n) is 13.7. The zero-order chi connectivity index (χ0) is 18.4. The lowest BCUT2D eigenvalue weighted by atomic mass is 10.2. The SMILES string of the molecule is COc1ccc(OCCOC(=O)c2cc(S(C)(=O)=O)ccc2Cl)cc1. The molecule has 6 nitrogen and oxygen atoms in total. The molecule has 0 radical (unpaired) electrons. The molecule has 0 amide bonds. The maximum Gasteiger partial charge on any atom is 0.339 e. The maximum atomic E-state index is 12.1. The van der Waals surface area contributed by atoms with Crippen LogP contribution in [0.4, 0.5) is 0 Å². The number of esters is 1. The van der Waals surface area contributed by atoms with E-state index in [1.165, 1.54) is 18.2 Å². The first kappa shape index (κ1) is 19.1. The minimum Gasteiger partial charge on any atom is -0.497 e. The Morgan fingerprint density at radius 3 is 2.28 bits per heavy atom. The summed E-state index contributed by atoms with van der Waals surface area (Å²) >= 11 is 5.94. The summed E-state index contributed by atoms with van der Waals surface area (Å²) in [5, 5.41) is 0.119. The van der Waals surface area contributed by atoms with Gasteiger partial charge in [-0.05, 0) is 42.5 Å². The van der Waals surface area contributed by atoms with E-state index in [0.717, 1.165) is 6.26 Å². The van der Waals surface area contributed by atoms with Crippen LogP contribution in [0.5, 0.6) is 11.5 Å². The molecule has 0 saturated carbocycles. The Morgan fingerprint density at radius 2 is 1.68 bits per heavy atom. The van der Waals surface area contributed by atoms with E-state index in [9.17, 15) is 13.2 Å². The van der Waals surface area contributed by atoms with Crippen LogP contribution < -0.4 is 9.47 Å². The van der Waals surface area contributed by atoms with Crippen molar-refractivity contribution in [3.63, 3.8) is 0 Å². The van der Waals surface area contributed by atoms with Gasteiger partial charge in [0.05, 0.1) is 22.6 Å². The van der Waals surface area contributed by atoms with E-state index in [4.69, 9.17) is 25.8 Å². The molecule has 0 aromatic heterocycles. The summed E-state index contributed by atoms with van der Waals surface area (Å²) in [6.07, 6.45) is 1.05. The van der Waals surface area contributed by atoms with Crippen LogP contribution >= 0.6 is 11.6 Å². The molecule has 0 aliphatic carbocycles. The van der Waals surface area contributed by atoms with Gasteiger partial charge in [-0.2, -0.15) is 0 Å². The molecule has 0 atom stereocenters. The number of rotatable bonds is 7. The van der Waals surface area contributed by atoms with Crippen LogP contribution in [0, 0.1) is 0 Å². The van der Waals surface area contributed by atoms with Crippen molar-refractivity contribution in [2.75, 3.05) is 26.6 Å². The largest absolute Gasteiger partial charge is 0.497 e. The first-order chi connectivity index (χ1) is 11.8. The molecular formula is C17H17ClO6S. The highest BCUT2D eigenvalue weighted by molar-refractivity contribution is 7.90. The van der Waals surface area contributed by atoms with Crippen molar-refractivity contribution in [3.05, 3.63) is 53.1 Å². The second-order valence-electron chi connectivity index (χ2n) is 5.07. The van der Waals surface area contributed by atoms with Gasteiger partial charge in [0, 0.05) is 6.26 Å². The number of methoxy groups -OCH3 is 1. The summed E-state index contributed by atoms with van der Waals surface area (Å²) in [5.74, 6) is 0.599. The van der Waals surface area contributed by atoms with Gasteiger partial charge >= 0.3 is 5.97 Å². The Bertz CT molecular complexity index is 846. The predicted molar refractivity (Wildman–Crippen MR) is 93.3 cm³/mol. The van der Waals surface area contributed by atoms with Crippen LogP contribution in [0.25, 0.3) is 0 Å². The third-order valence-electron chi connectivity index (χ3n) is 3.23. The Morgan fingerprint density at radius 1 is 1.04 bits per heavy atom. The molecule has 0 aliphatic rings. The normalized spacial score (nSPS) is 11.0. The minimum absolute atomic E-state index is 0.00154. The standard InChI is InChI=1S/C17H17ClO6S/c1-22-12-3-5-13(6-4-12)23-9-10-24-17(19)15-11-14(25(2,20)21)7-8-16(15)18/h3-8,11H,9-10H2,1-2H3. The Balaban J connectivity index is 1.91. The molecular weight excluding hydrogens is 368 g/mol. The Hall–Kier alpha value is -2.25. The molecule has 134 valence electrons. The van der Waals surface area contributed by atoms with Crippen LogP contribution in [-0.4, -0.2) is 41.0 Å². The number of hydrogen-bond donors (Lipinski definition) is 0. The molecule has 2 aromatic carbocycles. The Kier molecular flexibility index (Phi) is 6.27. The van der Waals surface area contributed by atoms with Crippen molar-refractivity contribution in [1.29, 1.82) is 0 Å². The molecule has 0 N–H and O–H groups in total. The van der Waals surface area contributed by atoms with Gasteiger partial charge in [0.2, 0.25) is 0 Å². The number of carbonyl (C=O) groups is 1. The summed E-state index contributed by atoms with van der Waals surface area (Å²) in [6.45, 7) is 0.131. The van der Waals surface area contributed by atoms with E-state index >= 15 is 0 Å². The maximum absolute atomic E-state index is 12.1. The fraction of sp³-hybridized carbons (Fsp3) is 0.235. The van der Waals surface area contributed by atoms with E-state index in [2.05, 4.69) is 0 Å².